The minimum absolute atomic E-state index is 0.0186. The summed E-state index contributed by atoms with van der Waals surface area (Å²) in [5.74, 6) is 0. The lowest BCUT2D eigenvalue weighted by atomic mass is 9.72. The molecule has 0 aromatic carbocycles. The van der Waals surface area contributed by atoms with Crippen LogP contribution in [-0.4, -0.2) is 29.0 Å². The first-order valence-corrected chi connectivity index (χ1v) is 7.56. The fourth-order valence-corrected chi connectivity index (χ4v) is 2.91. The smallest absolute Gasteiger partial charge is 0.0873 e. The third kappa shape index (κ3) is 3.00. The van der Waals surface area contributed by atoms with Gasteiger partial charge in [-0.1, -0.05) is 13.8 Å². The van der Waals surface area contributed by atoms with Crippen LogP contribution in [0.2, 0.25) is 0 Å². The van der Waals surface area contributed by atoms with Crippen LogP contribution in [0, 0.1) is 0 Å². The zero-order valence-electron chi connectivity index (χ0n) is 12.5. The molecule has 1 heterocycles. The highest BCUT2D eigenvalue weighted by Crippen LogP contribution is 2.44. The number of nitrogens with one attached hydrogen (secondary N) is 1. The van der Waals surface area contributed by atoms with Crippen LogP contribution in [0.3, 0.4) is 0 Å². The molecule has 1 aromatic rings. The molecule has 0 saturated heterocycles. The summed E-state index contributed by atoms with van der Waals surface area (Å²) in [6.07, 6.45) is 9.98. The lowest BCUT2D eigenvalue weighted by Gasteiger charge is -2.46. The van der Waals surface area contributed by atoms with Gasteiger partial charge in [-0.3, -0.25) is 4.68 Å². The maximum Gasteiger partial charge on any atom is 0.0873 e. The van der Waals surface area contributed by atoms with Crippen LogP contribution in [0.4, 0.5) is 0 Å². The summed E-state index contributed by atoms with van der Waals surface area (Å²) < 4.78 is 7.90. The predicted molar refractivity (Wildman–Crippen MR) is 77.1 cm³/mol. The Kier molecular flexibility index (Phi) is 4.99. The Balaban J connectivity index is 2.15. The van der Waals surface area contributed by atoms with E-state index in [0.717, 1.165) is 38.8 Å². The molecule has 0 spiro atoms. The van der Waals surface area contributed by atoms with Crippen molar-refractivity contribution < 1.29 is 4.74 Å². The van der Waals surface area contributed by atoms with E-state index in [0.29, 0.717) is 0 Å². The van der Waals surface area contributed by atoms with E-state index < -0.39 is 0 Å². The number of methoxy groups -OCH3 is 1. The van der Waals surface area contributed by atoms with E-state index in [1.165, 1.54) is 12.0 Å². The average molecular weight is 265 g/mol. The second-order valence-corrected chi connectivity index (χ2v) is 5.55. The van der Waals surface area contributed by atoms with Gasteiger partial charge < -0.3 is 10.1 Å². The van der Waals surface area contributed by atoms with Crippen LogP contribution in [0.5, 0.6) is 0 Å². The monoisotopic (exact) mass is 265 g/mol. The van der Waals surface area contributed by atoms with Crippen LogP contribution in [-0.2, 0) is 11.3 Å². The van der Waals surface area contributed by atoms with Crippen LogP contribution in [0.1, 0.15) is 57.6 Å². The van der Waals surface area contributed by atoms with Gasteiger partial charge in [0, 0.05) is 25.4 Å². The SMILES string of the molecule is CCCNC(c1cnn(CCC)c1)C1(OC)CCC1. The second-order valence-electron chi connectivity index (χ2n) is 5.55. The molecule has 1 aliphatic carbocycles. The first-order chi connectivity index (χ1) is 9.25. The number of hydrogen-bond acceptors (Lipinski definition) is 3. The Morgan fingerprint density at radius 2 is 2.21 bits per heavy atom. The molecule has 2 rings (SSSR count). The van der Waals surface area contributed by atoms with Crippen molar-refractivity contribution in [2.45, 2.75) is 64.1 Å². The maximum atomic E-state index is 5.86. The zero-order valence-corrected chi connectivity index (χ0v) is 12.5. The summed E-state index contributed by atoms with van der Waals surface area (Å²) in [6, 6.07) is 0.275. The van der Waals surface area contributed by atoms with Crippen LogP contribution >= 0.6 is 0 Å². The average Bonchev–Trinajstić information content (AvgIpc) is 2.81. The molecule has 1 atom stereocenters. The van der Waals surface area contributed by atoms with Gasteiger partial charge in [0.15, 0.2) is 0 Å². The lowest BCUT2D eigenvalue weighted by Crippen LogP contribution is -2.50. The molecule has 1 unspecified atom stereocenters. The molecule has 1 aromatic heterocycles. The van der Waals surface area contributed by atoms with Crippen LogP contribution in [0.25, 0.3) is 0 Å². The molecule has 1 fully saturated rings. The molecule has 19 heavy (non-hydrogen) atoms. The Morgan fingerprint density at radius 1 is 1.42 bits per heavy atom. The van der Waals surface area contributed by atoms with E-state index in [-0.39, 0.29) is 11.6 Å². The van der Waals surface area contributed by atoms with E-state index in [4.69, 9.17) is 4.74 Å². The number of nitrogens with zero attached hydrogens (tertiary/aromatic N) is 2. The topological polar surface area (TPSA) is 39.1 Å². The van der Waals surface area contributed by atoms with E-state index in [2.05, 4.69) is 30.5 Å². The number of aromatic nitrogens is 2. The second kappa shape index (κ2) is 6.53. The van der Waals surface area contributed by atoms with Crippen molar-refractivity contribution in [2.75, 3.05) is 13.7 Å². The molecule has 108 valence electrons. The third-order valence-corrected chi connectivity index (χ3v) is 4.17. The van der Waals surface area contributed by atoms with Crippen molar-refractivity contribution >= 4 is 0 Å². The number of hydrogen-bond donors (Lipinski definition) is 1. The summed E-state index contributed by atoms with van der Waals surface area (Å²) in [5, 5.41) is 8.12. The molecule has 1 N–H and O–H groups in total. The fraction of sp³-hybridized carbons (Fsp3) is 0.800. The van der Waals surface area contributed by atoms with E-state index >= 15 is 0 Å². The van der Waals surface area contributed by atoms with Crippen molar-refractivity contribution in [3.8, 4) is 0 Å². The molecular formula is C15H27N3O. The highest BCUT2D eigenvalue weighted by atomic mass is 16.5. The summed E-state index contributed by atoms with van der Waals surface area (Å²) in [7, 11) is 1.84. The summed E-state index contributed by atoms with van der Waals surface area (Å²) in [5.41, 5.74) is 1.25. The lowest BCUT2D eigenvalue weighted by molar-refractivity contribution is -0.0997. The zero-order chi connectivity index (χ0) is 13.7. The molecule has 0 radical (unpaired) electrons. The van der Waals surface area contributed by atoms with Gasteiger partial charge in [-0.05, 0) is 38.6 Å². The molecule has 0 bridgehead atoms. The normalized spacial score (nSPS) is 19.1. The van der Waals surface area contributed by atoms with Crippen LogP contribution < -0.4 is 5.32 Å². The minimum Gasteiger partial charge on any atom is -0.376 e. The van der Waals surface area contributed by atoms with E-state index in [1.54, 1.807) is 0 Å². The van der Waals surface area contributed by atoms with Gasteiger partial charge in [0.05, 0.1) is 17.8 Å². The Morgan fingerprint density at radius 3 is 2.74 bits per heavy atom. The Bertz CT molecular complexity index is 379. The van der Waals surface area contributed by atoms with Gasteiger partial charge in [-0.2, -0.15) is 5.10 Å². The first-order valence-electron chi connectivity index (χ1n) is 7.56. The Labute approximate surface area is 116 Å². The van der Waals surface area contributed by atoms with Crippen molar-refractivity contribution in [1.82, 2.24) is 15.1 Å². The number of ether oxygens (including phenoxy) is 1. The molecule has 0 aliphatic heterocycles. The largest absolute Gasteiger partial charge is 0.376 e. The van der Waals surface area contributed by atoms with Crippen molar-refractivity contribution in [2.24, 2.45) is 0 Å². The van der Waals surface area contributed by atoms with Crippen LogP contribution in [0.15, 0.2) is 12.4 Å². The molecule has 4 nitrogen and oxygen atoms in total. The fourth-order valence-electron chi connectivity index (χ4n) is 2.91. The predicted octanol–water partition coefficient (Wildman–Crippen LogP) is 2.90. The molecule has 0 amide bonds. The van der Waals surface area contributed by atoms with Gasteiger partial charge in [-0.25, -0.2) is 0 Å². The van der Waals surface area contributed by atoms with Gasteiger partial charge in [0.1, 0.15) is 0 Å². The van der Waals surface area contributed by atoms with Gasteiger partial charge in [0.25, 0.3) is 0 Å². The molecule has 1 aliphatic rings. The quantitative estimate of drug-likeness (QED) is 0.785. The summed E-state index contributed by atoms with van der Waals surface area (Å²) in [4.78, 5) is 0. The maximum absolute atomic E-state index is 5.86. The van der Waals surface area contributed by atoms with Crippen molar-refractivity contribution in [1.29, 1.82) is 0 Å². The minimum atomic E-state index is -0.0186. The van der Waals surface area contributed by atoms with E-state index in [9.17, 15) is 0 Å². The van der Waals surface area contributed by atoms with Gasteiger partial charge >= 0.3 is 0 Å². The number of rotatable bonds is 8. The van der Waals surface area contributed by atoms with Crippen molar-refractivity contribution in [3.05, 3.63) is 18.0 Å². The number of aryl methyl sites for hydroxylation is 1. The highest BCUT2D eigenvalue weighted by Gasteiger charge is 2.45. The molecule has 4 heteroatoms. The van der Waals surface area contributed by atoms with Gasteiger partial charge in [-0.15, -0.1) is 0 Å². The highest BCUT2D eigenvalue weighted by molar-refractivity contribution is 5.18. The first kappa shape index (κ1) is 14.5. The summed E-state index contributed by atoms with van der Waals surface area (Å²) in [6.45, 7) is 6.39. The third-order valence-electron chi connectivity index (χ3n) is 4.17. The Hall–Kier alpha value is -0.870. The standard InChI is InChI=1S/C15H27N3O/c1-4-9-16-14(15(19-3)7-6-8-15)13-11-17-18(12-13)10-5-2/h11-12,14,16H,4-10H2,1-3H3. The molecule has 1 saturated carbocycles. The van der Waals surface area contributed by atoms with E-state index in [1.807, 2.05) is 18.0 Å². The molecular weight excluding hydrogens is 238 g/mol. The van der Waals surface area contributed by atoms with Crippen molar-refractivity contribution in [3.63, 3.8) is 0 Å². The van der Waals surface area contributed by atoms with Gasteiger partial charge in [0.2, 0.25) is 0 Å². The summed E-state index contributed by atoms with van der Waals surface area (Å²) >= 11 is 0.